The standard InChI is InChI=1S/C8H12FNO2/c1-6(9)4-5-10-7(11)2-3-8(10)12/h6H,2-5H2,1H3. The van der Waals surface area contributed by atoms with Crippen LogP contribution < -0.4 is 0 Å². The fourth-order valence-electron chi connectivity index (χ4n) is 1.18. The summed E-state index contributed by atoms with van der Waals surface area (Å²) in [5.41, 5.74) is 0. The summed E-state index contributed by atoms with van der Waals surface area (Å²) in [6.45, 7) is 1.65. The third-order valence-electron chi connectivity index (χ3n) is 1.91. The predicted octanol–water partition coefficient (Wildman–Crippen LogP) is 0.884. The van der Waals surface area contributed by atoms with Crippen molar-refractivity contribution in [3.05, 3.63) is 0 Å². The zero-order chi connectivity index (χ0) is 9.14. The molecule has 3 nitrogen and oxygen atoms in total. The number of amides is 2. The van der Waals surface area contributed by atoms with Gasteiger partial charge in [0.15, 0.2) is 0 Å². The van der Waals surface area contributed by atoms with Gasteiger partial charge in [-0.1, -0.05) is 0 Å². The van der Waals surface area contributed by atoms with Crippen LogP contribution in [0.2, 0.25) is 0 Å². The molecular weight excluding hydrogens is 161 g/mol. The maximum Gasteiger partial charge on any atom is 0.229 e. The molecule has 1 aliphatic heterocycles. The van der Waals surface area contributed by atoms with Crippen molar-refractivity contribution in [3.8, 4) is 0 Å². The van der Waals surface area contributed by atoms with Crippen molar-refractivity contribution >= 4 is 11.8 Å². The van der Waals surface area contributed by atoms with Crippen LogP contribution in [0, 0.1) is 0 Å². The number of rotatable bonds is 3. The third-order valence-corrected chi connectivity index (χ3v) is 1.91. The van der Waals surface area contributed by atoms with Crippen molar-refractivity contribution in [2.45, 2.75) is 32.4 Å². The van der Waals surface area contributed by atoms with Crippen molar-refractivity contribution in [3.63, 3.8) is 0 Å². The molecule has 0 N–H and O–H groups in total. The summed E-state index contributed by atoms with van der Waals surface area (Å²) in [5, 5.41) is 0. The quantitative estimate of drug-likeness (QED) is 0.594. The average molecular weight is 173 g/mol. The number of likely N-dealkylation sites (tertiary alicyclic amines) is 1. The molecule has 2 amide bonds. The molecule has 0 aliphatic carbocycles. The molecule has 0 saturated carbocycles. The molecule has 1 rings (SSSR count). The van der Waals surface area contributed by atoms with Gasteiger partial charge < -0.3 is 0 Å². The highest BCUT2D eigenvalue weighted by atomic mass is 19.1. The highest BCUT2D eigenvalue weighted by molar-refractivity contribution is 6.01. The SMILES string of the molecule is CC(F)CCN1C(=O)CCC1=O. The number of hydrogen-bond donors (Lipinski definition) is 0. The first kappa shape index (κ1) is 9.16. The van der Waals surface area contributed by atoms with Crippen LogP contribution in [0.5, 0.6) is 0 Å². The smallest absolute Gasteiger partial charge is 0.229 e. The molecular formula is C8H12FNO2. The Bertz CT molecular complexity index is 187. The summed E-state index contributed by atoms with van der Waals surface area (Å²) in [5.74, 6) is -0.332. The first-order chi connectivity index (χ1) is 5.61. The van der Waals surface area contributed by atoms with Crippen LogP contribution in [0.4, 0.5) is 4.39 Å². The van der Waals surface area contributed by atoms with Gasteiger partial charge in [0.1, 0.15) is 0 Å². The fraction of sp³-hybridized carbons (Fsp3) is 0.750. The van der Waals surface area contributed by atoms with Gasteiger partial charge in [-0.15, -0.1) is 0 Å². The van der Waals surface area contributed by atoms with Gasteiger partial charge in [0, 0.05) is 19.4 Å². The molecule has 1 atom stereocenters. The first-order valence-electron chi connectivity index (χ1n) is 4.08. The van der Waals surface area contributed by atoms with Crippen molar-refractivity contribution in [1.82, 2.24) is 4.90 Å². The highest BCUT2D eigenvalue weighted by Crippen LogP contribution is 2.12. The monoisotopic (exact) mass is 173 g/mol. The molecule has 4 heteroatoms. The number of carbonyl (C=O) groups is 2. The topological polar surface area (TPSA) is 37.4 Å². The number of nitrogens with zero attached hydrogens (tertiary/aromatic N) is 1. The van der Waals surface area contributed by atoms with Gasteiger partial charge in [-0.25, -0.2) is 4.39 Å². The first-order valence-corrected chi connectivity index (χ1v) is 4.08. The molecule has 0 radical (unpaired) electrons. The molecule has 1 aliphatic rings. The maximum atomic E-state index is 12.4. The minimum atomic E-state index is -0.953. The van der Waals surface area contributed by atoms with Crippen LogP contribution in [-0.2, 0) is 9.59 Å². The van der Waals surface area contributed by atoms with E-state index in [9.17, 15) is 14.0 Å². The van der Waals surface area contributed by atoms with Crippen molar-refractivity contribution in [1.29, 1.82) is 0 Å². The van der Waals surface area contributed by atoms with Crippen LogP contribution in [-0.4, -0.2) is 29.4 Å². The number of imide groups is 1. The third kappa shape index (κ3) is 2.03. The lowest BCUT2D eigenvalue weighted by molar-refractivity contribution is -0.138. The number of alkyl halides is 1. The molecule has 0 aromatic rings. The van der Waals surface area contributed by atoms with Gasteiger partial charge >= 0.3 is 0 Å². The zero-order valence-corrected chi connectivity index (χ0v) is 7.05. The Kier molecular flexibility index (Phi) is 2.78. The van der Waals surface area contributed by atoms with Crippen LogP contribution in [0.15, 0.2) is 0 Å². The van der Waals surface area contributed by atoms with Crippen molar-refractivity contribution < 1.29 is 14.0 Å². The number of hydrogen-bond acceptors (Lipinski definition) is 2. The Morgan fingerprint density at radius 2 is 1.92 bits per heavy atom. The average Bonchev–Trinajstić information content (AvgIpc) is 2.28. The van der Waals surface area contributed by atoms with E-state index in [0.717, 1.165) is 4.90 Å². The van der Waals surface area contributed by atoms with Gasteiger partial charge in [0.2, 0.25) is 11.8 Å². The summed E-state index contributed by atoms with van der Waals surface area (Å²) in [7, 11) is 0. The summed E-state index contributed by atoms with van der Waals surface area (Å²) in [6.07, 6.45) is -0.123. The summed E-state index contributed by atoms with van der Waals surface area (Å²) < 4.78 is 12.4. The molecule has 12 heavy (non-hydrogen) atoms. The molecule has 1 unspecified atom stereocenters. The molecule has 0 aromatic heterocycles. The van der Waals surface area contributed by atoms with Gasteiger partial charge in [0.05, 0.1) is 6.17 Å². The maximum absolute atomic E-state index is 12.4. The minimum Gasteiger partial charge on any atom is -0.283 e. The highest BCUT2D eigenvalue weighted by Gasteiger charge is 2.28. The largest absolute Gasteiger partial charge is 0.283 e. The van der Waals surface area contributed by atoms with E-state index < -0.39 is 6.17 Å². The Labute approximate surface area is 70.5 Å². The van der Waals surface area contributed by atoms with Gasteiger partial charge in [-0.05, 0) is 13.3 Å². The van der Waals surface area contributed by atoms with Crippen molar-refractivity contribution in [2.24, 2.45) is 0 Å². The second-order valence-electron chi connectivity index (χ2n) is 3.01. The minimum absolute atomic E-state index is 0.166. The molecule has 1 fully saturated rings. The van der Waals surface area contributed by atoms with E-state index >= 15 is 0 Å². The summed E-state index contributed by atoms with van der Waals surface area (Å²) in [4.78, 5) is 23.1. The molecule has 1 heterocycles. The van der Waals surface area contributed by atoms with Crippen LogP contribution in [0.1, 0.15) is 26.2 Å². The predicted molar refractivity (Wildman–Crippen MR) is 41.1 cm³/mol. The second kappa shape index (κ2) is 3.65. The van der Waals surface area contributed by atoms with Gasteiger partial charge in [0.25, 0.3) is 0 Å². The van der Waals surface area contributed by atoms with E-state index in [1.807, 2.05) is 0 Å². The lowest BCUT2D eigenvalue weighted by Crippen LogP contribution is -2.31. The van der Waals surface area contributed by atoms with E-state index in [1.165, 1.54) is 6.92 Å². The van der Waals surface area contributed by atoms with E-state index in [4.69, 9.17) is 0 Å². The summed E-state index contributed by atoms with van der Waals surface area (Å²) >= 11 is 0. The lowest BCUT2D eigenvalue weighted by atomic mass is 10.3. The lowest BCUT2D eigenvalue weighted by Gasteiger charge is -2.13. The molecule has 1 saturated heterocycles. The fourth-order valence-corrected chi connectivity index (χ4v) is 1.18. The zero-order valence-electron chi connectivity index (χ0n) is 7.05. The summed E-state index contributed by atoms with van der Waals surface area (Å²) in [6, 6.07) is 0. The Morgan fingerprint density at radius 1 is 1.42 bits per heavy atom. The van der Waals surface area contributed by atoms with Crippen molar-refractivity contribution in [2.75, 3.05) is 6.54 Å². The Morgan fingerprint density at radius 3 is 2.33 bits per heavy atom. The Balaban J connectivity index is 2.40. The van der Waals surface area contributed by atoms with Gasteiger partial charge in [-0.3, -0.25) is 14.5 Å². The van der Waals surface area contributed by atoms with Crippen LogP contribution in [0.3, 0.4) is 0 Å². The van der Waals surface area contributed by atoms with E-state index in [1.54, 1.807) is 0 Å². The molecule has 68 valence electrons. The van der Waals surface area contributed by atoms with Gasteiger partial charge in [-0.2, -0.15) is 0 Å². The van der Waals surface area contributed by atoms with E-state index in [-0.39, 0.29) is 24.8 Å². The van der Waals surface area contributed by atoms with E-state index in [0.29, 0.717) is 12.8 Å². The Hall–Kier alpha value is -0.930. The second-order valence-corrected chi connectivity index (χ2v) is 3.01. The van der Waals surface area contributed by atoms with E-state index in [2.05, 4.69) is 0 Å². The molecule has 0 bridgehead atoms. The number of halogens is 1. The van der Waals surface area contributed by atoms with Crippen LogP contribution in [0.25, 0.3) is 0 Å². The van der Waals surface area contributed by atoms with Crippen LogP contribution >= 0.6 is 0 Å². The molecule has 0 spiro atoms. The normalized spacial score (nSPS) is 20.3. The number of carbonyl (C=O) groups excluding carboxylic acids is 2. The molecule has 0 aromatic carbocycles.